The third-order valence-corrected chi connectivity index (χ3v) is 4.88. The van der Waals surface area contributed by atoms with Crippen molar-refractivity contribution < 1.29 is 32.0 Å². The Balaban J connectivity index is 2.47. The predicted molar refractivity (Wildman–Crippen MR) is 108 cm³/mol. The number of nitrogens with zero attached hydrogens (tertiary/aromatic N) is 1. The second kappa shape index (κ2) is 8.31. The minimum atomic E-state index is -4.86. The summed E-state index contributed by atoms with van der Waals surface area (Å²) in [5.41, 5.74) is -5.34. The quantitative estimate of drug-likeness (QED) is 0.690. The Labute approximate surface area is 178 Å². The summed E-state index contributed by atoms with van der Waals surface area (Å²) >= 11 is 0. The van der Waals surface area contributed by atoms with Gasteiger partial charge in [-0.05, 0) is 60.0 Å². The zero-order valence-electron chi connectivity index (χ0n) is 18.6. The van der Waals surface area contributed by atoms with E-state index in [0.29, 0.717) is 6.33 Å². The number of nitrogens with one attached hydrogen (secondary N) is 2. The number of hydrogen-bond acceptors (Lipinski definition) is 6. The Morgan fingerprint density at radius 1 is 1.23 bits per heavy atom. The molecule has 2 N–H and O–H groups in total. The molecule has 1 aromatic rings. The number of aromatic amines is 1. The van der Waals surface area contributed by atoms with Gasteiger partial charge < -0.3 is 24.3 Å². The number of carbonyl (C=O) groups excluding carboxylic acids is 1. The molecule has 1 fully saturated rings. The average molecular weight is 445 g/mol. The zero-order chi connectivity index (χ0) is 23.8. The van der Waals surface area contributed by atoms with Gasteiger partial charge in [0.05, 0.1) is 23.1 Å². The number of halogens is 3. The van der Waals surface area contributed by atoms with E-state index in [-0.39, 0.29) is 12.0 Å². The Hall–Kier alpha value is -2.34. The van der Waals surface area contributed by atoms with Crippen molar-refractivity contribution in [3.05, 3.63) is 33.4 Å². The Morgan fingerprint density at radius 3 is 2.26 bits per heavy atom. The fraction of sp³-hybridized carbons (Fsp3) is 0.632. The number of aromatic nitrogens is 2. The van der Waals surface area contributed by atoms with Crippen molar-refractivity contribution in [1.29, 1.82) is 0 Å². The third-order valence-electron chi connectivity index (χ3n) is 4.88. The lowest BCUT2D eigenvalue weighted by atomic mass is 9.77. The van der Waals surface area contributed by atoms with Crippen molar-refractivity contribution >= 4 is 19.3 Å². The number of ether oxygens (including phenoxy) is 1. The molecule has 8 nitrogen and oxygen atoms in total. The van der Waals surface area contributed by atoms with E-state index in [1.807, 2.05) is 0 Å². The molecular formula is C19H27BF3N3O5. The van der Waals surface area contributed by atoms with E-state index in [1.54, 1.807) is 48.5 Å². The maximum absolute atomic E-state index is 13.4. The van der Waals surface area contributed by atoms with Gasteiger partial charge >= 0.3 is 19.4 Å². The van der Waals surface area contributed by atoms with Crippen molar-refractivity contribution in [2.75, 3.05) is 6.54 Å². The molecule has 0 saturated carbocycles. The van der Waals surface area contributed by atoms with E-state index in [2.05, 4.69) is 15.3 Å². The van der Waals surface area contributed by atoms with Gasteiger partial charge in [-0.3, -0.25) is 4.79 Å². The van der Waals surface area contributed by atoms with Gasteiger partial charge in [0.1, 0.15) is 5.60 Å². The van der Waals surface area contributed by atoms with Crippen molar-refractivity contribution in [3.8, 4) is 0 Å². The fourth-order valence-corrected chi connectivity index (χ4v) is 2.64. The van der Waals surface area contributed by atoms with E-state index in [9.17, 15) is 22.8 Å². The van der Waals surface area contributed by atoms with Crippen molar-refractivity contribution in [3.63, 3.8) is 0 Å². The van der Waals surface area contributed by atoms with Crippen LogP contribution >= 0.6 is 0 Å². The average Bonchev–Trinajstić information content (AvgIpc) is 2.77. The van der Waals surface area contributed by atoms with E-state index in [1.165, 1.54) is 0 Å². The van der Waals surface area contributed by atoms with E-state index in [0.717, 1.165) is 6.08 Å². The molecule has 0 radical (unpaired) electrons. The number of alkyl halides is 3. The van der Waals surface area contributed by atoms with E-state index < -0.39 is 53.0 Å². The van der Waals surface area contributed by atoms with Crippen LogP contribution in [0.1, 0.15) is 59.7 Å². The first-order chi connectivity index (χ1) is 13.9. The minimum Gasteiger partial charge on any atom is -0.444 e. The topological polar surface area (TPSA) is 103 Å². The molecule has 12 heteroatoms. The van der Waals surface area contributed by atoms with Gasteiger partial charge in [-0.25, -0.2) is 9.78 Å². The van der Waals surface area contributed by atoms with Crippen LogP contribution in [0.3, 0.4) is 0 Å². The smallest absolute Gasteiger partial charge is 0.444 e. The van der Waals surface area contributed by atoms with Crippen molar-refractivity contribution in [2.45, 2.75) is 71.4 Å². The Morgan fingerprint density at radius 2 is 1.77 bits per heavy atom. The number of rotatable bonds is 4. The molecule has 1 aliphatic rings. The highest BCUT2D eigenvalue weighted by Gasteiger charge is 2.52. The molecule has 1 saturated heterocycles. The molecule has 172 valence electrons. The van der Waals surface area contributed by atoms with Crippen LogP contribution < -0.4 is 10.9 Å². The fourth-order valence-electron chi connectivity index (χ4n) is 2.64. The first-order valence-electron chi connectivity index (χ1n) is 9.61. The van der Waals surface area contributed by atoms with Crippen molar-refractivity contribution in [2.24, 2.45) is 0 Å². The van der Waals surface area contributed by atoms with E-state index >= 15 is 0 Å². The van der Waals surface area contributed by atoms with Crippen LogP contribution in [-0.2, 0) is 20.2 Å². The lowest BCUT2D eigenvalue weighted by Crippen LogP contribution is -2.41. The number of alkyl carbamates (subject to hydrolysis) is 1. The largest absolute Gasteiger partial charge is 0.492 e. The van der Waals surface area contributed by atoms with Crippen LogP contribution in [0.25, 0.3) is 6.08 Å². The lowest BCUT2D eigenvalue weighted by molar-refractivity contribution is -0.141. The highest BCUT2D eigenvalue weighted by atomic mass is 19.4. The molecule has 2 heterocycles. The molecule has 1 amide bonds. The minimum absolute atomic E-state index is 0.0912. The second-order valence-corrected chi connectivity index (χ2v) is 9.15. The molecular weight excluding hydrogens is 418 g/mol. The number of hydrogen-bond donors (Lipinski definition) is 2. The van der Waals surface area contributed by atoms with Gasteiger partial charge in [-0.15, -0.1) is 0 Å². The molecule has 1 aliphatic heterocycles. The standard InChI is InChI=1S/C19H27BF3N3O5/c1-16(2,3)29-15(28)24-9-11(20-30-17(4,5)18(6,7)31-20)8-12-13(19(21,22)23)25-10-26-14(12)27/h8,10H,9H2,1-7H3,(H,24,28)(H,25,26,27). The third kappa shape index (κ3) is 6.10. The van der Waals surface area contributed by atoms with Gasteiger partial charge in [-0.2, -0.15) is 13.2 Å². The molecule has 0 bridgehead atoms. The maximum Gasteiger partial charge on any atom is 0.492 e. The molecule has 1 aromatic heterocycles. The summed E-state index contributed by atoms with van der Waals surface area (Å²) in [7, 11) is -1.11. The Kier molecular flexibility index (Phi) is 6.68. The summed E-state index contributed by atoms with van der Waals surface area (Å²) in [5, 5.41) is 2.47. The highest BCUT2D eigenvalue weighted by Crippen LogP contribution is 2.39. The van der Waals surface area contributed by atoms with Crippen LogP contribution in [-0.4, -0.2) is 46.5 Å². The number of carbonyl (C=O) groups is 1. The van der Waals surface area contributed by atoms with Crippen LogP contribution in [0.4, 0.5) is 18.0 Å². The second-order valence-electron chi connectivity index (χ2n) is 9.15. The summed E-state index contributed by atoms with van der Waals surface area (Å²) < 4.78 is 57.2. The van der Waals surface area contributed by atoms with Crippen molar-refractivity contribution in [1.82, 2.24) is 15.3 Å². The van der Waals surface area contributed by atoms with Gasteiger partial charge in [0, 0.05) is 6.54 Å². The summed E-state index contributed by atoms with van der Waals surface area (Å²) in [6, 6.07) is 0. The summed E-state index contributed by atoms with van der Waals surface area (Å²) in [6.07, 6.45) is -3.99. The van der Waals surface area contributed by atoms with Crippen LogP contribution in [0.2, 0.25) is 0 Å². The number of amides is 1. The monoisotopic (exact) mass is 445 g/mol. The summed E-state index contributed by atoms with van der Waals surface area (Å²) in [4.78, 5) is 29.7. The van der Waals surface area contributed by atoms with E-state index in [4.69, 9.17) is 14.0 Å². The molecule has 0 unspecified atom stereocenters. The number of H-pyrrole nitrogens is 1. The normalized spacial score (nSPS) is 18.8. The van der Waals surface area contributed by atoms with Gasteiger partial charge in [0.15, 0.2) is 5.69 Å². The molecule has 31 heavy (non-hydrogen) atoms. The van der Waals surface area contributed by atoms with Crippen LogP contribution in [0.5, 0.6) is 0 Å². The Bertz CT molecular complexity index is 904. The van der Waals surface area contributed by atoms with Gasteiger partial charge in [0.25, 0.3) is 5.56 Å². The zero-order valence-corrected chi connectivity index (χ0v) is 18.6. The van der Waals surface area contributed by atoms with Crippen LogP contribution in [0, 0.1) is 0 Å². The molecule has 2 rings (SSSR count). The lowest BCUT2D eigenvalue weighted by Gasteiger charge is -2.32. The maximum atomic E-state index is 13.4. The SMILES string of the molecule is CC(C)(C)OC(=O)NCC(=Cc1c(C(F)(F)F)nc[nH]c1=O)B1OC(C)(C)C(C)(C)O1. The summed E-state index contributed by atoms with van der Waals surface area (Å²) in [5.74, 6) is 0. The van der Waals surface area contributed by atoms with Gasteiger partial charge in [0.2, 0.25) is 0 Å². The highest BCUT2D eigenvalue weighted by molar-refractivity contribution is 6.56. The first kappa shape index (κ1) is 24.9. The van der Waals surface area contributed by atoms with Crippen LogP contribution in [0.15, 0.2) is 16.6 Å². The summed E-state index contributed by atoms with van der Waals surface area (Å²) in [6.45, 7) is 11.8. The van der Waals surface area contributed by atoms with Gasteiger partial charge in [-0.1, -0.05) is 0 Å². The molecule has 0 atom stereocenters. The first-order valence-corrected chi connectivity index (χ1v) is 9.61. The molecule has 0 spiro atoms. The predicted octanol–water partition coefficient (Wildman–Crippen LogP) is 3.33. The molecule has 0 aromatic carbocycles. The molecule has 0 aliphatic carbocycles.